The van der Waals surface area contributed by atoms with Crippen molar-refractivity contribution in [3.05, 3.63) is 28.8 Å². The molecule has 1 atom stereocenters. The maximum absolute atomic E-state index is 11.4. The van der Waals surface area contributed by atoms with Gasteiger partial charge in [0.15, 0.2) is 0 Å². The van der Waals surface area contributed by atoms with Gasteiger partial charge in [0.25, 0.3) is 0 Å². The SMILES string of the molecule is CC(C(=O)O)c1cc(C(C)(C)C)c(O)cc1C(C)(C)C. The lowest BCUT2D eigenvalue weighted by molar-refractivity contribution is -0.138. The number of rotatable bonds is 2. The maximum atomic E-state index is 11.4. The zero-order valence-electron chi connectivity index (χ0n) is 13.5. The van der Waals surface area contributed by atoms with Gasteiger partial charge < -0.3 is 10.2 Å². The summed E-state index contributed by atoms with van der Waals surface area (Å²) in [5.41, 5.74) is 2.01. The molecule has 1 unspecified atom stereocenters. The predicted octanol–water partition coefficient (Wildman–Crippen LogP) is 4.18. The van der Waals surface area contributed by atoms with Crippen LogP contribution in [0.2, 0.25) is 0 Å². The van der Waals surface area contributed by atoms with Gasteiger partial charge >= 0.3 is 5.97 Å². The van der Waals surface area contributed by atoms with Crippen LogP contribution in [0.5, 0.6) is 5.75 Å². The third kappa shape index (κ3) is 3.33. The molecule has 3 heteroatoms. The fraction of sp³-hybridized carbons (Fsp3) is 0.588. The fourth-order valence-electron chi connectivity index (χ4n) is 2.35. The van der Waals surface area contributed by atoms with Gasteiger partial charge in [0, 0.05) is 0 Å². The van der Waals surface area contributed by atoms with Crippen molar-refractivity contribution in [1.29, 1.82) is 0 Å². The van der Waals surface area contributed by atoms with E-state index in [4.69, 9.17) is 0 Å². The van der Waals surface area contributed by atoms with Crippen LogP contribution in [0.4, 0.5) is 0 Å². The second kappa shape index (κ2) is 5.12. The molecule has 0 aliphatic rings. The molecule has 0 spiro atoms. The van der Waals surface area contributed by atoms with Gasteiger partial charge in [0.1, 0.15) is 5.75 Å². The summed E-state index contributed by atoms with van der Waals surface area (Å²) in [6.45, 7) is 13.8. The maximum Gasteiger partial charge on any atom is 0.310 e. The van der Waals surface area contributed by atoms with Gasteiger partial charge in [-0.05, 0) is 40.5 Å². The first-order chi connectivity index (χ1) is 8.85. The summed E-state index contributed by atoms with van der Waals surface area (Å²) in [6, 6.07) is 3.59. The molecule has 0 bridgehead atoms. The lowest BCUT2D eigenvalue weighted by atomic mass is 9.76. The Morgan fingerprint density at radius 3 is 1.80 bits per heavy atom. The Balaban J connectivity index is 3.63. The summed E-state index contributed by atoms with van der Waals surface area (Å²) < 4.78 is 0. The second-order valence-corrected chi connectivity index (χ2v) is 7.52. The van der Waals surface area contributed by atoms with Crippen LogP contribution in [0.15, 0.2) is 12.1 Å². The molecule has 0 radical (unpaired) electrons. The number of aliphatic carboxylic acids is 1. The summed E-state index contributed by atoms with van der Waals surface area (Å²) in [7, 11) is 0. The van der Waals surface area contributed by atoms with Gasteiger partial charge in [-0.15, -0.1) is 0 Å². The fourth-order valence-corrected chi connectivity index (χ4v) is 2.35. The van der Waals surface area contributed by atoms with Crippen LogP contribution in [0, 0.1) is 0 Å². The highest BCUT2D eigenvalue weighted by Crippen LogP contribution is 2.39. The first-order valence-electron chi connectivity index (χ1n) is 6.96. The van der Waals surface area contributed by atoms with Gasteiger partial charge in [0.05, 0.1) is 5.92 Å². The summed E-state index contributed by atoms with van der Waals surface area (Å²) >= 11 is 0. The Kier molecular flexibility index (Phi) is 4.23. The largest absolute Gasteiger partial charge is 0.508 e. The monoisotopic (exact) mass is 278 g/mol. The van der Waals surface area contributed by atoms with E-state index in [1.54, 1.807) is 13.0 Å². The minimum Gasteiger partial charge on any atom is -0.508 e. The van der Waals surface area contributed by atoms with Gasteiger partial charge in [-0.3, -0.25) is 4.79 Å². The van der Waals surface area contributed by atoms with Crippen molar-refractivity contribution in [2.24, 2.45) is 0 Å². The van der Waals surface area contributed by atoms with Gasteiger partial charge in [-0.2, -0.15) is 0 Å². The first-order valence-corrected chi connectivity index (χ1v) is 6.96. The number of benzene rings is 1. The highest BCUT2D eigenvalue weighted by atomic mass is 16.4. The van der Waals surface area contributed by atoms with Crippen LogP contribution in [0.25, 0.3) is 0 Å². The number of carboxylic acids is 1. The molecule has 1 rings (SSSR count). The lowest BCUT2D eigenvalue weighted by Crippen LogP contribution is -2.21. The highest BCUT2D eigenvalue weighted by Gasteiger charge is 2.28. The Morgan fingerprint density at radius 2 is 1.45 bits per heavy atom. The standard InChI is InChI=1S/C17H26O3/c1-10(15(19)20)11-8-13(17(5,6)7)14(18)9-12(11)16(2,3)4/h8-10,18H,1-7H3,(H,19,20). The number of hydrogen-bond acceptors (Lipinski definition) is 2. The summed E-state index contributed by atoms with van der Waals surface area (Å²) in [4.78, 5) is 11.4. The average molecular weight is 278 g/mol. The van der Waals surface area contributed by atoms with Crippen molar-refractivity contribution in [2.45, 2.75) is 65.2 Å². The Labute approximate surface area is 121 Å². The van der Waals surface area contributed by atoms with Crippen molar-refractivity contribution < 1.29 is 15.0 Å². The highest BCUT2D eigenvalue weighted by molar-refractivity contribution is 5.76. The molecule has 0 heterocycles. The topological polar surface area (TPSA) is 57.5 Å². The number of phenols is 1. The second-order valence-electron chi connectivity index (χ2n) is 7.52. The average Bonchev–Trinajstić information content (AvgIpc) is 2.24. The molecule has 0 fully saturated rings. The number of carboxylic acid groups (broad SMARTS) is 1. The number of carbonyl (C=O) groups is 1. The molecule has 0 aliphatic heterocycles. The van der Waals surface area contributed by atoms with Crippen LogP contribution in [-0.2, 0) is 15.6 Å². The Bertz CT molecular complexity index is 516. The Morgan fingerprint density at radius 1 is 1.00 bits per heavy atom. The molecule has 0 saturated carbocycles. The summed E-state index contributed by atoms with van der Waals surface area (Å²) in [6.07, 6.45) is 0. The number of aromatic hydroxyl groups is 1. The summed E-state index contributed by atoms with van der Waals surface area (Å²) in [5, 5.41) is 19.6. The van der Waals surface area contributed by atoms with Crippen molar-refractivity contribution in [1.82, 2.24) is 0 Å². The molecular formula is C17H26O3. The van der Waals surface area contributed by atoms with Crippen molar-refractivity contribution in [3.63, 3.8) is 0 Å². The van der Waals surface area contributed by atoms with Crippen molar-refractivity contribution in [2.75, 3.05) is 0 Å². The van der Waals surface area contributed by atoms with Crippen LogP contribution in [-0.4, -0.2) is 16.2 Å². The molecule has 3 nitrogen and oxygen atoms in total. The molecule has 112 valence electrons. The minimum atomic E-state index is -0.846. The predicted molar refractivity (Wildman–Crippen MR) is 81.6 cm³/mol. The summed E-state index contributed by atoms with van der Waals surface area (Å²) in [5.74, 6) is -1.20. The van der Waals surface area contributed by atoms with E-state index >= 15 is 0 Å². The van der Waals surface area contributed by atoms with E-state index < -0.39 is 11.9 Å². The van der Waals surface area contributed by atoms with Crippen LogP contribution >= 0.6 is 0 Å². The molecule has 2 N–H and O–H groups in total. The van der Waals surface area contributed by atoms with Gasteiger partial charge in [0.2, 0.25) is 0 Å². The molecule has 20 heavy (non-hydrogen) atoms. The quantitative estimate of drug-likeness (QED) is 0.853. The first kappa shape index (κ1) is 16.5. The molecule has 1 aromatic rings. The van der Waals surface area contributed by atoms with Gasteiger partial charge in [-0.25, -0.2) is 0 Å². The third-order valence-corrected chi connectivity index (χ3v) is 3.62. The van der Waals surface area contributed by atoms with E-state index in [9.17, 15) is 15.0 Å². The molecule has 0 aliphatic carbocycles. The number of hydrogen-bond donors (Lipinski definition) is 2. The molecule has 0 amide bonds. The van der Waals surface area contributed by atoms with Crippen LogP contribution in [0.1, 0.15) is 71.1 Å². The molecule has 1 aromatic carbocycles. The Hall–Kier alpha value is -1.51. The zero-order chi connectivity index (χ0) is 15.9. The van der Waals surface area contributed by atoms with E-state index in [0.717, 1.165) is 16.7 Å². The van der Waals surface area contributed by atoms with E-state index in [2.05, 4.69) is 0 Å². The van der Waals surface area contributed by atoms with Crippen LogP contribution < -0.4 is 0 Å². The normalized spacial score (nSPS) is 14.2. The lowest BCUT2D eigenvalue weighted by Gasteiger charge is -2.29. The van der Waals surface area contributed by atoms with E-state index in [1.165, 1.54) is 0 Å². The third-order valence-electron chi connectivity index (χ3n) is 3.62. The number of phenolic OH excluding ortho intramolecular Hbond substituents is 1. The molecule has 0 aromatic heterocycles. The minimum absolute atomic E-state index is 0.215. The molecular weight excluding hydrogens is 252 g/mol. The van der Waals surface area contributed by atoms with Crippen LogP contribution in [0.3, 0.4) is 0 Å². The van der Waals surface area contributed by atoms with Gasteiger partial charge in [-0.1, -0.05) is 47.6 Å². The van der Waals surface area contributed by atoms with E-state index in [0.29, 0.717) is 0 Å². The van der Waals surface area contributed by atoms with Crippen molar-refractivity contribution in [3.8, 4) is 5.75 Å². The molecule has 0 saturated heterocycles. The smallest absolute Gasteiger partial charge is 0.310 e. The van der Waals surface area contributed by atoms with E-state index in [-0.39, 0.29) is 16.6 Å². The van der Waals surface area contributed by atoms with Crippen molar-refractivity contribution >= 4 is 5.97 Å². The zero-order valence-corrected chi connectivity index (χ0v) is 13.5. The van der Waals surface area contributed by atoms with E-state index in [1.807, 2.05) is 47.6 Å².